The molecule has 0 amide bonds. The van der Waals surface area contributed by atoms with Crippen molar-refractivity contribution in [2.24, 2.45) is 0 Å². The van der Waals surface area contributed by atoms with Gasteiger partial charge in [0, 0.05) is 5.56 Å². The van der Waals surface area contributed by atoms with Crippen molar-refractivity contribution in [3.63, 3.8) is 0 Å². The minimum Gasteiger partial charge on any atom is -0.412 e. The lowest BCUT2D eigenvalue weighted by Gasteiger charge is -1.90. The summed E-state index contributed by atoms with van der Waals surface area (Å²) in [5.74, 6) is -0.379. The first kappa shape index (κ1) is 8.85. The molecule has 0 spiro atoms. The van der Waals surface area contributed by atoms with E-state index in [2.05, 4.69) is 6.58 Å². The third kappa shape index (κ3) is 1.99. The molecule has 0 unspecified atom stereocenters. The summed E-state index contributed by atoms with van der Waals surface area (Å²) in [4.78, 5) is 0. The molecule has 0 saturated heterocycles. The molecule has 0 saturated carbocycles. The molecule has 0 bridgehead atoms. The molecule has 1 rings (SSSR count). The van der Waals surface area contributed by atoms with Gasteiger partial charge in [-0.05, 0) is 0 Å². The molecule has 0 atom stereocenters. The van der Waals surface area contributed by atoms with Crippen LogP contribution in [0.15, 0.2) is 36.9 Å². The Bertz CT molecular complexity index is 206. The second-order valence-corrected chi connectivity index (χ2v) is 1.77. The van der Waals surface area contributed by atoms with Crippen LogP contribution in [0.2, 0.25) is 0 Å². The van der Waals surface area contributed by atoms with Crippen molar-refractivity contribution in [2.45, 2.75) is 0 Å². The second kappa shape index (κ2) is 3.80. The molecule has 0 aliphatic rings. The van der Waals surface area contributed by atoms with Gasteiger partial charge >= 0.3 is 0 Å². The van der Waals surface area contributed by atoms with Gasteiger partial charge in [-0.15, -0.1) is 0 Å². The molecule has 54 valence electrons. The van der Waals surface area contributed by atoms with E-state index in [-0.39, 0.29) is 11.3 Å². The molecule has 2 heteroatoms. The van der Waals surface area contributed by atoms with Gasteiger partial charge in [-0.1, -0.05) is 36.9 Å². The quantitative estimate of drug-likeness (QED) is 0.569. The lowest BCUT2D eigenvalue weighted by molar-refractivity contribution is 0.763. The Hall–Kier alpha value is -1.15. The van der Waals surface area contributed by atoms with Gasteiger partial charge in [-0.25, -0.2) is 4.39 Å². The highest BCUT2D eigenvalue weighted by atomic mass is 19.1. The summed E-state index contributed by atoms with van der Waals surface area (Å²) < 4.78 is 12.2. The van der Waals surface area contributed by atoms with Crippen LogP contribution in [0.5, 0.6) is 0 Å². The van der Waals surface area contributed by atoms with Gasteiger partial charge in [-0.3, -0.25) is 0 Å². The Morgan fingerprint density at radius 3 is 2.00 bits per heavy atom. The molecule has 1 aromatic carbocycles. The average molecular weight is 140 g/mol. The summed E-state index contributed by atoms with van der Waals surface area (Å²) in [7, 11) is 0. The molecular formula is C8H9FO. The first-order valence-electron chi connectivity index (χ1n) is 2.70. The summed E-state index contributed by atoms with van der Waals surface area (Å²) in [6.45, 7) is 3.16. The van der Waals surface area contributed by atoms with E-state index >= 15 is 0 Å². The summed E-state index contributed by atoms with van der Waals surface area (Å²) >= 11 is 0. The van der Waals surface area contributed by atoms with E-state index in [1.165, 1.54) is 0 Å². The largest absolute Gasteiger partial charge is 0.412 e. The Labute approximate surface area is 59.1 Å². The van der Waals surface area contributed by atoms with Gasteiger partial charge in [0.1, 0.15) is 5.83 Å². The molecule has 0 heterocycles. The van der Waals surface area contributed by atoms with E-state index in [9.17, 15) is 4.39 Å². The lowest BCUT2D eigenvalue weighted by atomic mass is 10.2. The van der Waals surface area contributed by atoms with Crippen molar-refractivity contribution < 1.29 is 9.87 Å². The smallest absolute Gasteiger partial charge is 0.123 e. The summed E-state index contributed by atoms with van der Waals surface area (Å²) in [5, 5.41) is 0. The molecule has 0 aromatic heterocycles. The van der Waals surface area contributed by atoms with E-state index in [0.29, 0.717) is 5.56 Å². The fourth-order valence-corrected chi connectivity index (χ4v) is 0.619. The highest BCUT2D eigenvalue weighted by molar-refractivity contribution is 5.55. The maximum absolute atomic E-state index is 12.2. The van der Waals surface area contributed by atoms with Crippen LogP contribution in [0.25, 0.3) is 5.83 Å². The van der Waals surface area contributed by atoms with Crippen molar-refractivity contribution >= 4 is 5.83 Å². The molecule has 0 fully saturated rings. The highest BCUT2D eigenvalue weighted by Crippen LogP contribution is 2.10. The Balaban J connectivity index is 0.000000810. The highest BCUT2D eigenvalue weighted by Gasteiger charge is 1.90. The van der Waals surface area contributed by atoms with Crippen LogP contribution >= 0.6 is 0 Å². The number of benzene rings is 1. The predicted molar refractivity (Wildman–Crippen MR) is 40.2 cm³/mol. The number of hydrogen-bond acceptors (Lipinski definition) is 0. The van der Waals surface area contributed by atoms with Crippen LogP contribution in [0.3, 0.4) is 0 Å². The van der Waals surface area contributed by atoms with E-state index in [1.54, 1.807) is 24.3 Å². The van der Waals surface area contributed by atoms with E-state index in [0.717, 1.165) is 0 Å². The zero-order valence-electron chi connectivity index (χ0n) is 5.47. The van der Waals surface area contributed by atoms with Crippen molar-refractivity contribution in [3.8, 4) is 0 Å². The van der Waals surface area contributed by atoms with Crippen LogP contribution in [-0.2, 0) is 0 Å². The van der Waals surface area contributed by atoms with Crippen LogP contribution in [0.4, 0.5) is 4.39 Å². The maximum atomic E-state index is 12.2. The third-order valence-corrected chi connectivity index (χ3v) is 1.09. The molecule has 10 heavy (non-hydrogen) atoms. The van der Waals surface area contributed by atoms with Crippen molar-refractivity contribution in [1.82, 2.24) is 0 Å². The van der Waals surface area contributed by atoms with Gasteiger partial charge in [-0.2, -0.15) is 0 Å². The van der Waals surface area contributed by atoms with Gasteiger partial charge in [0.15, 0.2) is 0 Å². The third-order valence-electron chi connectivity index (χ3n) is 1.09. The van der Waals surface area contributed by atoms with E-state index in [4.69, 9.17) is 0 Å². The molecular weight excluding hydrogens is 131 g/mol. The molecule has 1 nitrogen and oxygen atoms in total. The van der Waals surface area contributed by atoms with Crippen molar-refractivity contribution in [3.05, 3.63) is 42.5 Å². The fourth-order valence-electron chi connectivity index (χ4n) is 0.619. The standard InChI is InChI=1S/C8H7F.H2O/c1-7(9)8-5-3-2-4-6-8;/h2-6H,1H2;1H2. The normalized spacial score (nSPS) is 8.10. The van der Waals surface area contributed by atoms with E-state index < -0.39 is 0 Å². The zero-order valence-corrected chi connectivity index (χ0v) is 5.47. The monoisotopic (exact) mass is 140 g/mol. The van der Waals surface area contributed by atoms with Gasteiger partial charge in [0.05, 0.1) is 0 Å². The fraction of sp³-hybridized carbons (Fsp3) is 0. The van der Waals surface area contributed by atoms with Crippen molar-refractivity contribution in [1.29, 1.82) is 0 Å². The summed E-state index contributed by atoms with van der Waals surface area (Å²) in [6.07, 6.45) is 0. The maximum Gasteiger partial charge on any atom is 0.123 e. The Kier molecular flexibility index (Phi) is 3.36. The number of hydrogen-bond donors (Lipinski definition) is 0. The molecule has 2 N–H and O–H groups in total. The van der Waals surface area contributed by atoms with Crippen LogP contribution in [0.1, 0.15) is 5.56 Å². The predicted octanol–water partition coefficient (Wildman–Crippen LogP) is 1.80. The van der Waals surface area contributed by atoms with Crippen LogP contribution in [-0.4, -0.2) is 5.48 Å². The van der Waals surface area contributed by atoms with Gasteiger partial charge in [0.25, 0.3) is 0 Å². The first-order valence-corrected chi connectivity index (χ1v) is 2.70. The summed E-state index contributed by atoms with van der Waals surface area (Å²) in [6, 6.07) is 8.76. The molecule has 1 aromatic rings. The lowest BCUT2D eigenvalue weighted by Crippen LogP contribution is -1.71. The Morgan fingerprint density at radius 1 is 1.20 bits per heavy atom. The van der Waals surface area contributed by atoms with E-state index in [1.807, 2.05) is 6.07 Å². The molecule has 0 aliphatic heterocycles. The minimum absolute atomic E-state index is 0. The zero-order chi connectivity index (χ0) is 6.69. The SMILES string of the molecule is C=C(F)c1ccccc1.O. The number of rotatable bonds is 1. The topological polar surface area (TPSA) is 31.5 Å². The van der Waals surface area contributed by atoms with Gasteiger partial charge in [0.2, 0.25) is 0 Å². The molecule has 0 aliphatic carbocycles. The number of halogens is 1. The van der Waals surface area contributed by atoms with Gasteiger partial charge < -0.3 is 5.48 Å². The van der Waals surface area contributed by atoms with Crippen LogP contribution in [0, 0.1) is 0 Å². The summed E-state index contributed by atoms with van der Waals surface area (Å²) in [5.41, 5.74) is 0.553. The second-order valence-electron chi connectivity index (χ2n) is 1.77. The Morgan fingerprint density at radius 2 is 1.70 bits per heavy atom. The first-order chi connectivity index (χ1) is 4.30. The average Bonchev–Trinajstić information content (AvgIpc) is 1.90. The van der Waals surface area contributed by atoms with Crippen LogP contribution < -0.4 is 0 Å². The van der Waals surface area contributed by atoms with Crippen molar-refractivity contribution in [2.75, 3.05) is 0 Å². The molecule has 0 radical (unpaired) electrons. The minimum atomic E-state index is -0.379.